The third kappa shape index (κ3) is 2.21. The van der Waals surface area contributed by atoms with E-state index < -0.39 is 0 Å². The number of halogens is 1. The SMILES string of the molecule is CNC(c1sccc1Cl)C1Cc2ccccc2S1. The van der Waals surface area contributed by atoms with Gasteiger partial charge in [-0.25, -0.2) is 0 Å². The molecule has 1 N–H and O–H groups in total. The zero-order chi connectivity index (χ0) is 12.5. The summed E-state index contributed by atoms with van der Waals surface area (Å²) in [4.78, 5) is 2.67. The largest absolute Gasteiger partial charge is 0.311 e. The van der Waals surface area contributed by atoms with Gasteiger partial charge in [0, 0.05) is 15.0 Å². The van der Waals surface area contributed by atoms with Crippen molar-refractivity contribution >= 4 is 34.7 Å². The van der Waals surface area contributed by atoms with Crippen LogP contribution in [0, 0.1) is 0 Å². The second-order valence-electron chi connectivity index (χ2n) is 4.37. The molecule has 0 saturated carbocycles. The highest BCUT2D eigenvalue weighted by molar-refractivity contribution is 8.00. The zero-order valence-electron chi connectivity index (χ0n) is 10.0. The van der Waals surface area contributed by atoms with Crippen molar-refractivity contribution in [3.8, 4) is 0 Å². The lowest BCUT2D eigenvalue weighted by atomic mass is 10.0. The summed E-state index contributed by atoms with van der Waals surface area (Å²) in [7, 11) is 2.02. The molecule has 2 unspecified atom stereocenters. The van der Waals surface area contributed by atoms with E-state index in [0.29, 0.717) is 11.3 Å². The van der Waals surface area contributed by atoms with Gasteiger partial charge in [-0.1, -0.05) is 29.8 Å². The maximum absolute atomic E-state index is 6.26. The van der Waals surface area contributed by atoms with E-state index in [9.17, 15) is 0 Å². The smallest absolute Gasteiger partial charge is 0.0561 e. The van der Waals surface area contributed by atoms with Crippen molar-refractivity contribution in [2.45, 2.75) is 22.6 Å². The number of fused-ring (bicyclic) bond motifs is 1. The Morgan fingerprint density at radius 1 is 1.33 bits per heavy atom. The van der Waals surface area contributed by atoms with Crippen LogP contribution in [0.3, 0.4) is 0 Å². The molecular weight excluding hydrogens is 282 g/mol. The van der Waals surface area contributed by atoms with Crippen LogP contribution in [0.4, 0.5) is 0 Å². The number of benzene rings is 1. The molecule has 3 rings (SSSR count). The molecule has 0 aliphatic carbocycles. The van der Waals surface area contributed by atoms with Gasteiger partial charge in [-0.3, -0.25) is 0 Å². The van der Waals surface area contributed by atoms with Crippen LogP contribution in [-0.2, 0) is 6.42 Å². The fraction of sp³-hybridized carbons (Fsp3) is 0.286. The average molecular weight is 296 g/mol. The predicted molar refractivity (Wildman–Crippen MR) is 80.9 cm³/mol. The molecule has 0 spiro atoms. The number of rotatable bonds is 3. The van der Waals surface area contributed by atoms with Gasteiger partial charge >= 0.3 is 0 Å². The first-order valence-electron chi connectivity index (χ1n) is 5.94. The molecule has 1 aliphatic heterocycles. The van der Waals surface area contributed by atoms with E-state index in [-0.39, 0.29) is 0 Å². The van der Waals surface area contributed by atoms with E-state index in [4.69, 9.17) is 11.6 Å². The molecule has 1 aliphatic rings. The molecule has 18 heavy (non-hydrogen) atoms. The van der Waals surface area contributed by atoms with Crippen LogP contribution in [0.25, 0.3) is 0 Å². The molecule has 94 valence electrons. The van der Waals surface area contributed by atoms with Gasteiger partial charge in [0.2, 0.25) is 0 Å². The average Bonchev–Trinajstić information content (AvgIpc) is 2.97. The standard InChI is InChI=1S/C14H14ClNS2/c1-16-13(14-10(15)6-7-17-14)12-8-9-4-2-3-5-11(9)18-12/h2-7,12-13,16H,8H2,1H3. The minimum Gasteiger partial charge on any atom is -0.311 e. The lowest BCUT2D eigenvalue weighted by Crippen LogP contribution is -2.26. The summed E-state index contributed by atoms with van der Waals surface area (Å²) in [6.45, 7) is 0. The molecule has 0 bridgehead atoms. The Labute approximate surface area is 121 Å². The van der Waals surface area contributed by atoms with Gasteiger partial charge in [-0.15, -0.1) is 23.1 Å². The van der Waals surface area contributed by atoms with Gasteiger partial charge in [0.15, 0.2) is 0 Å². The van der Waals surface area contributed by atoms with E-state index in [1.54, 1.807) is 11.3 Å². The minimum atomic E-state index is 0.329. The fourth-order valence-corrected chi connectivity index (χ4v) is 5.30. The topological polar surface area (TPSA) is 12.0 Å². The second-order valence-corrected chi connectivity index (χ2v) is 7.00. The summed E-state index contributed by atoms with van der Waals surface area (Å²) >= 11 is 9.97. The maximum Gasteiger partial charge on any atom is 0.0561 e. The quantitative estimate of drug-likeness (QED) is 0.902. The van der Waals surface area contributed by atoms with Crippen LogP contribution < -0.4 is 5.32 Å². The first-order valence-corrected chi connectivity index (χ1v) is 8.08. The molecule has 2 atom stereocenters. The molecule has 0 amide bonds. The molecule has 2 heterocycles. The highest BCUT2D eigenvalue weighted by atomic mass is 35.5. The van der Waals surface area contributed by atoms with Gasteiger partial charge < -0.3 is 5.32 Å². The summed E-state index contributed by atoms with van der Waals surface area (Å²) in [5.41, 5.74) is 1.46. The van der Waals surface area contributed by atoms with Gasteiger partial charge in [-0.05, 0) is 36.5 Å². The molecule has 0 fully saturated rings. The normalized spacial score (nSPS) is 19.8. The predicted octanol–water partition coefficient (Wildman–Crippen LogP) is 4.38. The van der Waals surface area contributed by atoms with Crippen molar-refractivity contribution < 1.29 is 0 Å². The summed E-state index contributed by atoms with van der Waals surface area (Å²) in [5.74, 6) is 0. The summed E-state index contributed by atoms with van der Waals surface area (Å²) in [6.07, 6.45) is 1.11. The van der Waals surface area contributed by atoms with Gasteiger partial charge in [0.05, 0.1) is 11.1 Å². The highest BCUT2D eigenvalue weighted by Gasteiger charge is 2.31. The first-order chi connectivity index (χ1) is 8.79. The Balaban J connectivity index is 1.86. The number of thiophene rings is 1. The lowest BCUT2D eigenvalue weighted by Gasteiger charge is -2.21. The molecule has 1 nitrogen and oxygen atoms in total. The third-order valence-corrected chi connectivity index (χ3v) is 6.12. The summed E-state index contributed by atoms with van der Waals surface area (Å²) in [5, 5.41) is 6.91. The number of hydrogen-bond acceptors (Lipinski definition) is 3. The van der Waals surface area contributed by atoms with Crippen LogP contribution in [0.1, 0.15) is 16.5 Å². The number of hydrogen-bond donors (Lipinski definition) is 1. The minimum absolute atomic E-state index is 0.329. The number of nitrogens with one attached hydrogen (secondary N) is 1. The van der Waals surface area contributed by atoms with Crippen LogP contribution in [0.5, 0.6) is 0 Å². The molecule has 2 aromatic rings. The first kappa shape index (κ1) is 12.5. The Bertz CT molecular complexity index is 527. The van der Waals surface area contributed by atoms with E-state index in [1.165, 1.54) is 15.3 Å². The van der Waals surface area contributed by atoms with Crippen molar-refractivity contribution in [1.29, 1.82) is 0 Å². The van der Waals surface area contributed by atoms with Crippen molar-refractivity contribution in [1.82, 2.24) is 5.32 Å². The van der Waals surface area contributed by atoms with Crippen LogP contribution in [0.15, 0.2) is 40.6 Å². The molecule has 0 radical (unpaired) electrons. The van der Waals surface area contributed by atoms with Gasteiger partial charge in [0.1, 0.15) is 0 Å². The molecule has 0 saturated heterocycles. The Hall–Kier alpha value is -0.480. The Kier molecular flexibility index (Phi) is 3.66. The van der Waals surface area contributed by atoms with Gasteiger partial charge in [0.25, 0.3) is 0 Å². The summed E-state index contributed by atoms with van der Waals surface area (Å²) in [6, 6.07) is 11.0. The molecular formula is C14H14ClNS2. The third-order valence-electron chi connectivity index (χ3n) is 3.28. The van der Waals surface area contributed by atoms with Crippen LogP contribution in [-0.4, -0.2) is 12.3 Å². The molecule has 4 heteroatoms. The monoisotopic (exact) mass is 295 g/mol. The maximum atomic E-state index is 6.26. The molecule has 1 aromatic carbocycles. The number of thioether (sulfide) groups is 1. The van der Waals surface area contributed by atoms with Crippen LogP contribution in [0.2, 0.25) is 5.02 Å². The van der Waals surface area contributed by atoms with Crippen molar-refractivity contribution in [2.24, 2.45) is 0 Å². The Morgan fingerprint density at radius 3 is 2.83 bits per heavy atom. The fourth-order valence-electron chi connectivity index (χ4n) is 2.41. The van der Waals surface area contributed by atoms with Gasteiger partial charge in [-0.2, -0.15) is 0 Å². The van der Waals surface area contributed by atoms with Crippen molar-refractivity contribution in [3.63, 3.8) is 0 Å². The van der Waals surface area contributed by atoms with Crippen molar-refractivity contribution in [2.75, 3.05) is 7.05 Å². The van der Waals surface area contributed by atoms with E-state index in [2.05, 4.69) is 35.0 Å². The molecule has 1 aromatic heterocycles. The Morgan fingerprint density at radius 2 is 2.17 bits per heavy atom. The summed E-state index contributed by atoms with van der Waals surface area (Å²) < 4.78 is 0. The van der Waals surface area contributed by atoms with E-state index >= 15 is 0 Å². The van der Waals surface area contributed by atoms with Crippen LogP contribution >= 0.6 is 34.7 Å². The highest BCUT2D eigenvalue weighted by Crippen LogP contribution is 2.44. The zero-order valence-corrected chi connectivity index (χ0v) is 12.4. The van der Waals surface area contributed by atoms with E-state index in [0.717, 1.165) is 11.4 Å². The second kappa shape index (κ2) is 5.25. The van der Waals surface area contributed by atoms with E-state index in [1.807, 2.05) is 24.9 Å². The lowest BCUT2D eigenvalue weighted by molar-refractivity contribution is 0.577. The van der Waals surface area contributed by atoms with Crippen molar-refractivity contribution in [3.05, 3.63) is 51.2 Å².